The van der Waals surface area contributed by atoms with Gasteiger partial charge < -0.3 is 4.57 Å². The van der Waals surface area contributed by atoms with Crippen molar-refractivity contribution in [2.45, 2.75) is 6.54 Å². The summed E-state index contributed by atoms with van der Waals surface area (Å²) in [6.45, 7) is 0.637. The van der Waals surface area contributed by atoms with Crippen LogP contribution in [0.5, 0.6) is 0 Å². The van der Waals surface area contributed by atoms with Crippen molar-refractivity contribution >= 4 is 5.69 Å². The summed E-state index contributed by atoms with van der Waals surface area (Å²) in [7, 11) is 0. The SMILES string of the molecule is O=[N+]([O-])c1ccc(Cn2cnc(-c3ccccc3)c2)cc1. The molecular formula is C16H13N3O2. The van der Waals surface area contributed by atoms with Crippen molar-refractivity contribution in [3.8, 4) is 11.3 Å². The minimum Gasteiger partial charge on any atom is -0.332 e. The summed E-state index contributed by atoms with van der Waals surface area (Å²) in [5, 5.41) is 10.6. The Balaban J connectivity index is 1.77. The van der Waals surface area contributed by atoms with Crippen LogP contribution in [-0.4, -0.2) is 14.5 Å². The zero-order valence-electron chi connectivity index (χ0n) is 11.2. The van der Waals surface area contributed by atoms with Gasteiger partial charge in [0.1, 0.15) is 0 Å². The first-order valence-electron chi connectivity index (χ1n) is 6.53. The van der Waals surface area contributed by atoms with Crippen LogP contribution in [-0.2, 0) is 6.54 Å². The third-order valence-corrected chi connectivity index (χ3v) is 3.22. The van der Waals surface area contributed by atoms with Gasteiger partial charge in [-0.1, -0.05) is 42.5 Å². The lowest BCUT2D eigenvalue weighted by atomic mass is 10.2. The largest absolute Gasteiger partial charge is 0.332 e. The van der Waals surface area contributed by atoms with Gasteiger partial charge in [0.25, 0.3) is 5.69 Å². The summed E-state index contributed by atoms with van der Waals surface area (Å²) < 4.78 is 1.96. The molecule has 0 radical (unpaired) electrons. The highest BCUT2D eigenvalue weighted by Gasteiger charge is 2.05. The lowest BCUT2D eigenvalue weighted by molar-refractivity contribution is -0.384. The average Bonchev–Trinajstić information content (AvgIpc) is 2.97. The number of benzene rings is 2. The molecule has 3 aromatic rings. The van der Waals surface area contributed by atoms with Crippen LogP contribution in [0.3, 0.4) is 0 Å². The van der Waals surface area contributed by atoms with Crippen LogP contribution in [0, 0.1) is 10.1 Å². The summed E-state index contributed by atoms with van der Waals surface area (Å²) in [5.74, 6) is 0. The summed E-state index contributed by atoms with van der Waals surface area (Å²) in [4.78, 5) is 14.6. The smallest absolute Gasteiger partial charge is 0.269 e. The highest BCUT2D eigenvalue weighted by atomic mass is 16.6. The lowest BCUT2D eigenvalue weighted by Crippen LogP contribution is -1.96. The van der Waals surface area contributed by atoms with Crippen LogP contribution >= 0.6 is 0 Å². The van der Waals surface area contributed by atoms with Gasteiger partial charge in [-0.05, 0) is 5.56 Å². The number of nitrogens with zero attached hydrogens (tertiary/aromatic N) is 3. The molecule has 5 nitrogen and oxygen atoms in total. The van der Waals surface area contributed by atoms with Crippen LogP contribution in [0.15, 0.2) is 67.1 Å². The second-order valence-corrected chi connectivity index (χ2v) is 4.72. The molecule has 0 aliphatic carbocycles. The van der Waals surface area contributed by atoms with E-state index in [1.165, 1.54) is 12.1 Å². The molecule has 0 saturated heterocycles. The van der Waals surface area contributed by atoms with Gasteiger partial charge in [0.15, 0.2) is 0 Å². The Morgan fingerprint density at radius 3 is 2.43 bits per heavy atom. The molecule has 0 atom stereocenters. The van der Waals surface area contributed by atoms with Gasteiger partial charge in [0.05, 0.1) is 16.9 Å². The van der Waals surface area contributed by atoms with Gasteiger partial charge in [-0.2, -0.15) is 0 Å². The molecule has 0 bridgehead atoms. The van der Waals surface area contributed by atoms with Crippen LogP contribution < -0.4 is 0 Å². The molecular weight excluding hydrogens is 266 g/mol. The molecule has 2 aromatic carbocycles. The van der Waals surface area contributed by atoms with Crippen LogP contribution in [0.2, 0.25) is 0 Å². The zero-order valence-corrected chi connectivity index (χ0v) is 11.2. The summed E-state index contributed by atoms with van der Waals surface area (Å²) in [5.41, 5.74) is 3.09. The minimum absolute atomic E-state index is 0.106. The quantitative estimate of drug-likeness (QED) is 0.542. The van der Waals surface area contributed by atoms with E-state index in [4.69, 9.17) is 0 Å². The molecule has 21 heavy (non-hydrogen) atoms. The Morgan fingerprint density at radius 2 is 1.76 bits per heavy atom. The van der Waals surface area contributed by atoms with Gasteiger partial charge in [0, 0.05) is 30.4 Å². The molecule has 0 aliphatic rings. The van der Waals surface area contributed by atoms with E-state index < -0.39 is 4.92 Å². The maximum Gasteiger partial charge on any atom is 0.269 e. The standard InChI is InChI=1S/C16H13N3O2/c20-19(21)15-8-6-13(7-9-15)10-18-11-16(17-12-18)14-4-2-1-3-5-14/h1-9,11-12H,10H2. The first-order chi connectivity index (χ1) is 10.2. The van der Waals surface area contributed by atoms with Gasteiger partial charge in [-0.3, -0.25) is 10.1 Å². The molecule has 104 valence electrons. The van der Waals surface area contributed by atoms with Gasteiger partial charge >= 0.3 is 0 Å². The maximum absolute atomic E-state index is 10.6. The molecule has 0 aliphatic heterocycles. The molecule has 5 heteroatoms. The first-order valence-corrected chi connectivity index (χ1v) is 6.53. The predicted octanol–water partition coefficient (Wildman–Crippen LogP) is 3.51. The average molecular weight is 279 g/mol. The summed E-state index contributed by atoms with van der Waals surface area (Å²) in [6, 6.07) is 16.5. The second kappa shape index (κ2) is 5.58. The zero-order chi connectivity index (χ0) is 14.7. The minimum atomic E-state index is -0.394. The topological polar surface area (TPSA) is 61.0 Å². The second-order valence-electron chi connectivity index (χ2n) is 4.72. The monoisotopic (exact) mass is 279 g/mol. The molecule has 0 spiro atoms. The Kier molecular flexibility index (Phi) is 3.47. The van der Waals surface area contributed by atoms with E-state index in [2.05, 4.69) is 4.98 Å². The van der Waals surface area contributed by atoms with Crippen molar-refractivity contribution in [2.75, 3.05) is 0 Å². The normalized spacial score (nSPS) is 10.5. The molecule has 0 N–H and O–H groups in total. The molecule has 3 rings (SSSR count). The number of hydrogen-bond acceptors (Lipinski definition) is 3. The fourth-order valence-corrected chi connectivity index (χ4v) is 2.14. The predicted molar refractivity (Wildman–Crippen MR) is 79.9 cm³/mol. The van der Waals surface area contributed by atoms with E-state index in [1.54, 1.807) is 18.5 Å². The van der Waals surface area contributed by atoms with Gasteiger partial charge in [-0.25, -0.2) is 4.98 Å². The highest BCUT2D eigenvalue weighted by Crippen LogP contribution is 2.17. The Morgan fingerprint density at radius 1 is 1.05 bits per heavy atom. The fraction of sp³-hybridized carbons (Fsp3) is 0.0625. The third-order valence-electron chi connectivity index (χ3n) is 3.22. The van der Waals surface area contributed by atoms with E-state index >= 15 is 0 Å². The Labute approximate surface area is 121 Å². The highest BCUT2D eigenvalue weighted by molar-refractivity contribution is 5.57. The third kappa shape index (κ3) is 2.97. The number of imidazole rings is 1. The van der Waals surface area contributed by atoms with Crippen molar-refractivity contribution in [3.63, 3.8) is 0 Å². The van der Waals surface area contributed by atoms with Crippen molar-refractivity contribution in [1.29, 1.82) is 0 Å². The number of rotatable bonds is 4. The van der Waals surface area contributed by atoms with Crippen molar-refractivity contribution in [1.82, 2.24) is 9.55 Å². The Bertz CT molecular complexity index is 749. The van der Waals surface area contributed by atoms with E-state index in [-0.39, 0.29) is 5.69 Å². The number of aromatic nitrogens is 2. The van der Waals surface area contributed by atoms with E-state index in [1.807, 2.05) is 41.1 Å². The molecule has 0 saturated carbocycles. The maximum atomic E-state index is 10.6. The number of non-ortho nitro benzene ring substituents is 1. The van der Waals surface area contributed by atoms with Gasteiger partial charge in [-0.15, -0.1) is 0 Å². The van der Waals surface area contributed by atoms with E-state index in [0.717, 1.165) is 16.8 Å². The molecule has 0 unspecified atom stereocenters. The number of hydrogen-bond donors (Lipinski definition) is 0. The molecule has 0 amide bonds. The van der Waals surface area contributed by atoms with Gasteiger partial charge in [0.2, 0.25) is 0 Å². The van der Waals surface area contributed by atoms with Crippen molar-refractivity contribution in [3.05, 3.63) is 82.8 Å². The van der Waals surface area contributed by atoms with Crippen LogP contribution in [0.1, 0.15) is 5.56 Å². The van der Waals surface area contributed by atoms with Crippen LogP contribution in [0.4, 0.5) is 5.69 Å². The van der Waals surface area contributed by atoms with Crippen molar-refractivity contribution in [2.24, 2.45) is 0 Å². The fourth-order valence-electron chi connectivity index (χ4n) is 2.14. The van der Waals surface area contributed by atoms with E-state index in [9.17, 15) is 10.1 Å². The molecule has 0 fully saturated rings. The van der Waals surface area contributed by atoms with E-state index in [0.29, 0.717) is 6.54 Å². The first kappa shape index (κ1) is 13.1. The molecule has 1 aromatic heterocycles. The van der Waals surface area contributed by atoms with Crippen molar-refractivity contribution < 1.29 is 4.92 Å². The molecule has 1 heterocycles. The Hall–Kier alpha value is -2.95. The van der Waals surface area contributed by atoms with Crippen LogP contribution in [0.25, 0.3) is 11.3 Å². The lowest BCUT2D eigenvalue weighted by Gasteiger charge is -2.02. The summed E-state index contributed by atoms with van der Waals surface area (Å²) in [6.07, 6.45) is 3.74. The number of nitro groups is 1. The summed E-state index contributed by atoms with van der Waals surface area (Å²) >= 11 is 0. The number of nitro benzene ring substituents is 1.